The molecule has 0 saturated heterocycles. The molecule has 2 amide bonds. The molecule has 22 heavy (non-hydrogen) atoms. The van der Waals surface area contributed by atoms with Gasteiger partial charge < -0.3 is 10.6 Å². The van der Waals surface area contributed by atoms with Crippen LogP contribution in [0.3, 0.4) is 0 Å². The molecule has 0 saturated carbocycles. The van der Waals surface area contributed by atoms with E-state index in [9.17, 15) is 13.2 Å². The Morgan fingerprint density at radius 1 is 1.32 bits per heavy atom. The predicted octanol–water partition coefficient (Wildman–Crippen LogP) is 1.98. The van der Waals surface area contributed by atoms with Crippen molar-refractivity contribution in [3.8, 4) is 0 Å². The highest BCUT2D eigenvalue weighted by molar-refractivity contribution is 7.88. The van der Waals surface area contributed by atoms with E-state index in [1.807, 2.05) is 19.1 Å². The van der Waals surface area contributed by atoms with Gasteiger partial charge in [0.15, 0.2) is 0 Å². The van der Waals surface area contributed by atoms with E-state index in [0.29, 0.717) is 24.5 Å². The Hall–Kier alpha value is -1.31. The van der Waals surface area contributed by atoms with E-state index in [2.05, 4.69) is 10.6 Å². The maximum absolute atomic E-state index is 11.8. The third kappa shape index (κ3) is 6.64. The quantitative estimate of drug-likeness (QED) is 0.740. The molecule has 0 aliphatic heterocycles. The summed E-state index contributed by atoms with van der Waals surface area (Å²) >= 11 is 5.82. The SMILES string of the molecule is CC(NC(=O)NCCCN(C)S(C)(=O)=O)c1ccc(Cl)cc1. The fraction of sp³-hybridized carbons (Fsp3) is 0.500. The number of carbonyl (C=O) groups is 1. The number of hydrogen-bond donors (Lipinski definition) is 2. The van der Waals surface area contributed by atoms with Crippen LogP contribution >= 0.6 is 11.6 Å². The van der Waals surface area contributed by atoms with Crippen molar-refractivity contribution < 1.29 is 13.2 Å². The van der Waals surface area contributed by atoms with Gasteiger partial charge in [0.05, 0.1) is 12.3 Å². The molecule has 0 fully saturated rings. The Bertz CT molecular complexity index is 590. The first-order valence-electron chi connectivity index (χ1n) is 6.91. The summed E-state index contributed by atoms with van der Waals surface area (Å²) in [6.07, 6.45) is 1.70. The Labute approximate surface area is 136 Å². The van der Waals surface area contributed by atoms with Gasteiger partial charge >= 0.3 is 6.03 Å². The molecule has 0 spiro atoms. The van der Waals surface area contributed by atoms with Gasteiger partial charge in [0.25, 0.3) is 0 Å². The van der Waals surface area contributed by atoms with Crippen LogP contribution in [0.4, 0.5) is 4.79 Å². The largest absolute Gasteiger partial charge is 0.338 e. The van der Waals surface area contributed by atoms with Crippen LogP contribution in [0, 0.1) is 0 Å². The molecule has 1 unspecified atom stereocenters. The van der Waals surface area contributed by atoms with Gasteiger partial charge in [-0.05, 0) is 31.0 Å². The van der Waals surface area contributed by atoms with E-state index >= 15 is 0 Å². The van der Waals surface area contributed by atoms with Crippen LogP contribution in [0.2, 0.25) is 5.02 Å². The monoisotopic (exact) mass is 347 g/mol. The van der Waals surface area contributed by atoms with Crippen molar-refractivity contribution in [1.29, 1.82) is 0 Å². The molecule has 2 N–H and O–H groups in total. The maximum atomic E-state index is 11.8. The number of amides is 2. The van der Waals surface area contributed by atoms with Gasteiger partial charge in [-0.15, -0.1) is 0 Å². The van der Waals surface area contributed by atoms with Crippen LogP contribution in [0.15, 0.2) is 24.3 Å². The number of urea groups is 1. The average Bonchev–Trinajstić information content (AvgIpc) is 2.42. The molecule has 0 aliphatic carbocycles. The molecular weight excluding hydrogens is 326 g/mol. The molecule has 0 heterocycles. The molecule has 8 heteroatoms. The predicted molar refractivity (Wildman–Crippen MR) is 88.5 cm³/mol. The summed E-state index contributed by atoms with van der Waals surface area (Å²) in [4.78, 5) is 11.8. The average molecular weight is 348 g/mol. The lowest BCUT2D eigenvalue weighted by Gasteiger charge is -2.16. The van der Waals surface area contributed by atoms with Crippen LogP contribution < -0.4 is 10.6 Å². The zero-order valence-corrected chi connectivity index (χ0v) is 14.5. The molecule has 0 bridgehead atoms. The first kappa shape index (κ1) is 18.7. The van der Waals surface area contributed by atoms with Crippen molar-refractivity contribution >= 4 is 27.7 Å². The van der Waals surface area contributed by atoms with Crippen LogP contribution in [-0.4, -0.2) is 45.1 Å². The molecule has 6 nitrogen and oxygen atoms in total. The molecule has 1 atom stereocenters. The van der Waals surface area contributed by atoms with Crippen molar-refractivity contribution in [3.05, 3.63) is 34.9 Å². The number of carbonyl (C=O) groups excluding carboxylic acids is 1. The fourth-order valence-corrected chi connectivity index (χ4v) is 2.34. The summed E-state index contributed by atoms with van der Waals surface area (Å²) < 4.78 is 23.7. The molecule has 1 rings (SSSR count). The number of nitrogens with one attached hydrogen (secondary N) is 2. The van der Waals surface area contributed by atoms with E-state index in [4.69, 9.17) is 11.6 Å². The van der Waals surface area contributed by atoms with Crippen molar-refractivity contribution in [2.45, 2.75) is 19.4 Å². The fourth-order valence-electron chi connectivity index (χ4n) is 1.75. The first-order chi connectivity index (χ1) is 10.2. The maximum Gasteiger partial charge on any atom is 0.315 e. The second-order valence-corrected chi connectivity index (χ2v) is 7.64. The number of rotatable bonds is 7. The van der Waals surface area contributed by atoms with Gasteiger partial charge in [-0.1, -0.05) is 23.7 Å². The number of sulfonamides is 1. The summed E-state index contributed by atoms with van der Waals surface area (Å²) in [5.41, 5.74) is 0.955. The third-order valence-corrected chi connectivity index (χ3v) is 4.79. The topological polar surface area (TPSA) is 78.5 Å². The second kappa shape index (κ2) is 8.36. The molecule has 0 aromatic heterocycles. The minimum atomic E-state index is -3.17. The zero-order chi connectivity index (χ0) is 16.8. The minimum Gasteiger partial charge on any atom is -0.338 e. The Morgan fingerprint density at radius 3 is 2.45 bits per heavy atom. The molecule has 0 aliphatic rings. The Balaban J connectivity index is 2.30. The van der Waals surface area contributed by atoms with Gasteiger partial charge in [-0.3, -0.25) is 0 Å². The van der Waals surface area contributed by atoms with Crippen LogP contribution in [0.5, 0.6) is 0 Å². The van der Waals surface area contributed by atoms with E-state index in [1.54, 1.807) is 12.1 Å². The summed E-state index contributed by atoms with van der Waals surface area (Å²) in [5, 5.41) is 6.16. The summed E-state index contributed by atoms with van der Waals surface area (Å²) in [5.74, 6) is 0. The minimum absolute atomic E-state index is 0.143. The number of nitrogens with zero attached hydrogens (tertiary/aromatic N) is 1. The second-order valence-electron chi connectivity index (χ2n) is 5.11. The first-order valence-corrected chi connectivity index (χ1v) is 9.14. The Morgan fingerprint density at radius 2 is 1.91 bits per heavy atom. The zero-order valence-electron chi connectivity index (χ0n) is 13.0. The number of hydrogen-bond acceptors (Lipinski definition) is 3. The van der Waals surface area contributed by atoms with Gasteiger partial charge in [0.1, 0.15) is 0 Å². The molecule has 0 radical (unpaired) electrons. The summed E-state index contributed by atoms with van der Waals surface area (Å²) in [6, 6.07) is 6.82. The van der Waals surface area contributed by atoms with E-state index in [-0.39, 0.29) is 12.1 Å². The van der Waals surface area contributed by atoms with Crippen molar-refractivity contribution in [3.63, 3.8) is 0 Å². The highest BCUT2D eigenvalue weighted by atomic mass is 35.5. The standard InChI is InChI=1S/C14H22ClN3O3S/c1-11(12-5-7-13(15)8-6-12)17-14(19)16-9-4-10-18(2)22(3,20)21/h5-8,11H,4,9-10H2,1-3H3,(H2,16,17,19). The smallest absolute Gasteiger partial charge is 0.315 e. The van der Waals surface area contributed by atoms with E-state index in [1.165, 1.54) is 11.4 Å². The van der Waals surface area contributed by atoms with Crippen molar-refractivity contribution in [2.75, 3.05) is 26.4 Å². The lowest BCUT2D eigenvalue weighted by Crippen LogP contribution is -2.38. The van der Waals surface area contributed by atoms with Crippen molar-refractivity contribution in [2.24, 2.45) is 0 Å². The van der Waals surface area contributed by atoms with Gasteiger partial charge in [-0.25, -0.2) is 17.5 Å². The molecule has 1 aromatic rings. The van der Waals surface area contributed by atoms with E-state index < -0.39 is 10.0 Å². The van der Waals surface area contributed by atoms with Gasteiger partial charge in [0.2, 0.25) is 10.0 Å². The summed E-state index contributed by atoms with van der Waals surface area (Å²) in [6.45, 7) is 2.64. The highest BCUT2D eigenvalue weighted by Crippen LogP contribution is 2.15. The Kier molecular flexibility index (Phi) is 7.12. The number of benzene rings is 1. The third-order valence-electron chi connectivity index (χ3n) is 3.22. The van der Waals surface area contributed by atoms with Crippen LogP contribution in [0.25, 0.3) is 0 Å². The van der Waals surface area contributed by atoms with Gasteiger partial charge in [0, 0.05) is 25.2 Å². The lowest BCUT2D eigenvalue weighted by atomic mass is 10.1. The number of halogens is 1. The summed E-state index contributed by atoms with van der Waals surface area (Å²) in [7, 11) is -1.66. The normalized spacial score (nSPS) is 13.0. The van der Waals surface area contributed by atoms with Crippen LogP contribution in [0.1, 0.15) is 24.9 Å². The molecular formula is C14H22ClN3O3S. The molecule has 124 valence electrons. The van der Waals surface area contributed by atoms with Crippen molar-refractivity contribution in [1.82, 2.24) is 14.9 Å². The van der Waals surface area contributed by atoms with E-state index in [0.717, 1.165) is 11.8 Å². The lowest BCUT2D eigenvalue weighted by molar-refractivity contribution is 0.237. The highest BCUT2D eigenvalue weighted by Gasteiger charge is 2.11. The molecule has 1 aromatic carbocycles. The van der Waals surface area contributed by atoms with Gasteiger partial charge in [-0.2, -0.15) is 0 Å². The van der Waals surface area contributed by atoms with Crippen LogP contribution in [-0.2, 0) is 10.0 Å².